The van der Waals surface area contributed by atoms with Crippen LogP contribution < -0.4 is 4.90 Å². The molecule has 1 N–H and O–H groups in total. The Hall–Kier alpha value is -3.49. The minimum atomic E-state index is -1.20. The van der Waals surface area contributed by atoms with Crippen molar-refractivity contribution in [3.8, 4) is 0 Å². The summed E-state index contributed by atoms with van der Waals surface area (Å²) in [6.45, 7) is 16.3. The van der Waals surface area contributed by atoms with Crippen LogP contribution >= 0.6 is 0 Å². The lowest BCUT2D eigenvalue weighted by molar-refractivity contribution is -0.153. The molecule has 2 aromatic rings. The normalized spacial score (nSPS) is 30.3. The zero-order chi connectivity index (χ0) is 30.4. The fraction of sp³-hybridized carbons (Fsp3) is 0.500. The van der Waals surface area contributed by atoms with Crippen LogP contribution in [-0.4, -0.2) is 82.2 Å². The number of aliphatic hydroxyl groups is 1. The van der Waals surface area contributed by atoms with Crippen molar-refractivity contribution in [1.82, 2.24) is 9.80 Å². The van der Waals surface area contributed by atoms with Gasteiger partial charge in [0.25, 0.3) is 5.91 Å². The van der Waals surface area contributed by atoms with Gasteiger partial charge in [-0.1, -0.05) is 56.3 Å². The van der Waals surface area contributed by atoms with Gasteiger partial charge in [-0.15, -0.1) is 13.2 Å². The van der Waals surface area contributed by atoms with Gasteiger partial charge in [-0.25, -0.2) is 0 Å². The number of amides is 3. The summed E-state index contributed by atoms with van der Waals surface area (Å²) in [5, 5.41) is 12.3. The quantitative estimate of drug-likeness (QED) is 0.408. The summed E-state index contributed by atoms with van der Waals surface area (Å²) in [7, 11) is 0. The van der Waals surface area contributed by atoms with Crippen molar-refractivity contribution in [1.29, 1.82) is 0 Å². The minimum Gasteiger partial charge on any atom is -0.394 e. The highest BCUT2D eigenvalue weighted by atomic mass is 16.5. The smallest absolute Gasteiger partial charge is 0.253 e. The molecule has 0 radical (unpaired) electrons. The summed E-state index contributed by atoms with van der Waals surface area (Å²) in [4.78, 5) is 48.4. The van der Waals surface area contributed by atoms with Crippen molar-refractivity contribution < 1.29 is 24.2 Å². The number of anilines is 1. The Morgan fingerprint density at radius 2 is 1.83 bits per heavy atom. The summed E-state index contributed by atoms with van der Waals surface area (Å²) in [6, 6.07) is 12.1. The average molecular weight is 574 g/mol. The lowest BCUT2D eigenvalue weighted by atomic mass is 9.62. The third-order valence-corrected chi connectivity index (χ3v) is 9.77. The molecule has 8 nitrogen and oxygen atoms in total. The summed E-state index contributed by atoms with van der Waals surface area (Å²) in [6.07, 6.45) is 4.59. The fourth-order valence-corrected chi connectivity index (χ4v) is 7.75. The van der Waals surface area contributed by atoms with Crippen LogP contribution in [0.1, 0.15) is 40.5 Å². The molecule has 3 aliphatic rings. The predicted octanol–water partition coefficient (Wildman–Crippen LogP) is 4.17. The number of aliphatic hydroxyl groups excluding tert-OH is 1. The van der Waals surface area contributed by atoms with E-state index in [4.69, 9.17) is 4.74 Å². The first-order valence-electron chi connectivity index (χ1n) is 15.0. The van der Waals surface area contributed by atoms with Crippen molar-refractivity contribution in [2.45, 2.75) is 63.8 Å². The summed E-state index contributed by atoms with van der Waals surface area (Å²) in [5.41, 5.74) is -1.43. The maximum Gasteiger partial charge on any atom is 0.253 e. The van der Waals surface area contributed by atoms with Crippen LogP contribution in [0.3, 0.4) is 0 Å². The number of carbonyl (C=O) groups excluding carboxylic acids is 3. The standard InChI is InChI=1S/C34H43N3O5/c1-7-16-35(17-8-2)30(39)27-28-31(40)37(23(5)21-38)29(34(28)20-22(4)33(27,6)42-34)32(41)36(18-9-3)26-15-14-24-12-10-11-13-25(24)19-26/h7,9-15,19,22-23,27-29,38H,1,3,8,16-18,20-21H2,2,4-6H3/t22?,23-,27-,28+,29?,33+,34?/m1/s1. The molecule has 7 atom stereocenters. The monoisotopic (exact) mass is 573 g/mol. The van der Waals surface area contributed by atoms with Gasteiger partial charge in [0.15, 0.2) is 0 Å². The number of ether oxygens (including phenoxy) is 1. The van der Waals surface area contributed by atoms with Crippen molar-refractivity contribution >= 4 is 34.2 Å². The summed E-state index contributed by atoms with van der Waals surface area (Å²) >= 11 is 0. The molecule has 1 spiro atoms. The van der Waals surface area contributed by atoms with Crippen molar-refractivity contribution in [2.24, 2.45) is 17.8 Å². The average Bonchev–Trinajstić information content (AvgIpc) is 3.50. The first-order valence-corrected chi connectivity index (χ1v) is 15.0. The van der Waals surface area contributed by atoms with E-state index in [0.717, 1.165) is 17.2 Å². The van der Waals surface area contributed by atoms with Crippen LogP contribution in [0.5, 0.6) is 0 Å². The number of carbonyl (C=O) groups is 3. The largest absolute Gasteiger partial charge is 0.394 e. The SMILES string of the molecule is C=CCN(CCC)C(=O)[C@H]1[C@H]2C(=O)N([C@H](C)CO)C(C(=O)N(CC=C)c3ccc4ccccc4c3)C23CC(C)[C@]1(C)O3. The molecule has 3 unspecified atom stereocenters. The summed E-state index contributed by atoms with van der Waals surface area (Å²) in [5.74, 6) is -2.41. The molecule has 224 valence electrons. The van der Waals surface area contributed by atoms with E-state index in [1.54, 1.807) is 28.9 Å². The zero-order valence-electron chi connectivity index (χ0n) is 25.2. The Labute approximate surface area is 248 Å². The Kier molecular flexibility index (Phi) is 8.07. The molecule has 3 heterocycles. The summed E-state index contributed by atoms with van der Waals surface area (Å²) < 4.78 is 6.90. The topological polar surface area (TPSA) is 90.4 Å². The Morgan fingerprint density at radius 1 is 1.14 bits per heavy atom. The number of hydrogen-bond donors (Lipinski definition) is 1. The van der Waals surface area contributed by atoms with Crippen molar-refractivity contribution in [3.63, 3.8) is 0 Å². The van der Waals surface area contributed by atoms with Gasteiger partial charge in [0.05, 0.1) is 30.1 Å². The molecule has 0 saturated carbocycles. The van der Waals surface area contributed by atoms with E-state index in [0.29, 0.717) is 25.2 Å². The van der Waals surface area contributed by atoms with E-state index in [1.807, 2.05) is 63.2 Å². The van der Waals surface area contributed by atoms with Gasteiger partial charge in [0, 0.05) is 25.3 Å². The number of fused-ring (bicyclic) bond motifs is 2. The van der Waals surface area contributed by atoms with Crippen LogP contribution in [0.4, 0.5) is 5.69 Å². The van der Waals surface area contributed by atoms with Gasteiger partial charge in [0.1, 0.15) is 11.6 Å². The first-order chi connectivity index (χ1) is 20.1. The number of rotatable bonds is 11. The molecule has 2 aromatic carbocycles. The fourth-order valence-electron chi connectivity index (χ4n) is 7.75. The maximum atomic E-state index is 14.8. The number of likely N-dealkylation sites (tertiary alicyclic amines) is 1. The van der Waals surface area contributed by atoms with E-state index < -0.39 is 35.1 Å². The number of nitrogens with zero attached hydrogens (tertiary/aromatic N) is 3. The third kappa shape index (κ3) is 4.38. The van der Waals surface area contributed by atoms with E-state index in [1.165, 1.54) is 4.90 Å². The highest BCUT2D eigenvalue weighted by Crippen LogP contribution is 2.65. The van der Waals surface area contributed by atoms with Crippen molar-refractivity contribution in [3.05, 3.63) is 67.8 Å². The molecule has 3 fully saturated rings. The van der Waals surface area contributed by atoms with Gasteiger partial charge in [-0.3, -0.25) is 14.4 Å². The first kappa shape index (κ1) is 30.0. The molecule has 0 aromatic heterocycles. The lowest BCUT2D eigenvalue weighted by Gasteiger charge is -2.39. The van der Waals surface area contributed by atoms with Crippen LogP contribution in [0, 0.1) is 17.8 Å². The molecule has 8 heteroatoms. The van der Waals surface area contributed by atoms with Gasteiger partial charge in [-0.2, -0.15) is 0 Å². The Bertz CT molecular complexity index is 1410. The second-order valence-corrected chi connectivity index (χ2v) is 12.3. The molecule has 3 saturated heterocycles. The predicted molar refractivity (Wildman–Crippen MR) is 164 cm³/mol. The Morgan fingerprint density at radius 3 is 2.48 bits per heavy atom. The van der Waals surface area contributed by atoms with E-state index >= 15 is 0 Å². The molecular weight excluding hydrogens is 530 g/mol. The maximum absolute atomic E-state index is 14.8. The lowest BCUT2D eigenvalue weighted by Crippen LogP contribution is -2.58. The molecule has 3 amide bonds. The molecular formula is C34H43N3O5. The van der Waals surface area contributed by atoms with E-state index in [2.05, 4.69) is 13.2 Å². The van der Waals surface area contributed by atoms with E-state index in [-0.39, 0.29) is 36.8 Å². The highest BCUT2D eigenvalue weighted by Gasteiger charge is 2.80. The molecule has 3 aliphatic heterocycles. The van der Waals surface area contributed by atoms with Crippen LogP contribution in [0.25, 0.3) is 10.8 Å². The Balaban J connectivity index is 1.63. The second kappa shape index (κ2) is 11.3. The van der Waals surface area contributed by atoms with Crippen LogP contribution in [0.2, 0.25) is 0 Å². The highest BCUT2D eigenvalue weighted by molar-refractivity contribution is 6.06. The molecule has 0 aliphatic carbocycles. The van der Waals surface area contributed by atoms with Gasteiger partial charge < -0.3 is 24.5 Å². The second-order valence-electron chi connectivity index (χ2n) is 12.3. The third-order valence-electron chi connectivity index (χ3n) is 9.77. The van der Waals surface area contributed by atoms with Gasteiger partial charge in [-0.05, 0) is 55.5 Å². The van der Waals surface area contributed by atoms with Gasteiger partial charge >= 0.3 is 0 Å². The molecule has 42 heavy (non-hydrogen) atoms. The minimum absolute atomic E-state index is 0.0732. The van der Waals surface area contributed by atoms with Gasteiger partial charge in [0.2, 0.25) is 11.8 Å². The van der Waals surface area contributed by atoms with Crippen LogP contribution in [-0.2, 0) is 19.1 Å². The molecule has 2 bridgehead atoms. The number of hydrogen-bond acceptors (Lipinski definition) is 5. The zero-order valence-corrected chi connectivity index (χ0v) is 25.2. The van der Waals surface area contributed by atoms with Crippen LogP contribution in [0.15, 0.2) is 67.8 Å². The molecule has 5 rings (SSSR count). The van der Waals surface area contributed by atoms with Crippen molar-refractivity contribution in [2.75, 3.05) is 31.1 Å². The van der Waals surface area contributed by atoms with E-state index in [9.17, 15) is 19.5 Å². The number of benzene rings is 2.